The summed E-state index contributed by atoms with van der Waals surface area (Å²) in [5.41, 5.74) is 5.61. The van der Waals surface area contributed by atoms with Crippen molar-refractivity contribution in [2.45, 2.75) is 71.0 Å². The molecule has 1 amide bonds. The Morgan fingerprint density at radius 3 is 2.44 bits per heavy atom. The minimum absolute atomic E-state index is 0.0398. The summed E-state index contributed by atoms with van der Waals surface area (Å²) in [6.07, 6.45) is 6.01. The molecule has 4 nitrogen and oxygen atoms in total. The first kappa shape index (κ1) is 15.4. The molecule has 0 spiro atoms. The molecule has 1 rings (SSSR count). The van der Waals surface area contributed by atoms with Crippen LogP contribution in [0.5, 0.6) is 0 Å². The molecule has 18 heavy (non-hydrogen) atoms. The van der Waals surface area contributed by atoms with Crippen LogP contribution < -0.4 is 11.1 Å². The number of amides is 1. The lowest BCUT2D eigenvalue weighted by Gasteiger charge is -2.34. The number of nitrogens with two attached hydrogens (primary N) is 1. The zero-order chi connectivity index (χ0) is 13.5. The Kier molecular flexibility index (Phi) is 6.65. The molecule has 1 aliphatic carbocycles. The van der Waals surface area contributed by atoms with E-state index in [9.17, 15) is 4.79 Å². The van der Waals surface area contributed by atoms with Crippen LogP contribution in [0.4, 0.5) is 0 Å². The summed E-state index contributed by atoms with van der Waals surface area (Å²) in [6, 6.07) is 0.742. The van der Waals surface area contributed by atoms with Crippen LogP contribution in [0.1, 0.15) is 52.9 Å². The van der Waals surface area contributed by atoms with E-state index >= 15 is 0 Å². The Bertz CT molecular complexity index is 249. The Morgan fingerprint density at radius 1 is 1.33 bits per heavy atom. The summed E-state index contributed by atoms with van der Waals surface area (Å²) < 4.78 is 0. The van der Waals surface area contributed by atoms with Crippen LogP contribution in [-0.2, 0) is 4.79 Å². The second-order valence-electron chi connectivity index (χ2n) is 5.66. The molecule has 1 saturated carbocycles. The average molecular weight is 255 g/mol. The standard InChI is InChI=1S/C14H29N3O/c1-11(2)16-14(18)12(3)17(10-6-9-15)13-7-4-5-8-13/h11-13H,4-10,15H2,1-3H3,(H,16,18). The predicted octanol–water partition coefficient (Wildman–Crippen LogP) is 1.49. The first-order valence-corrected chi connectivity index (χ1v) is 7.32. The van der Waals surface area contributed by atoms with Crippen molar-refractivity contribution in [2.75, 3.05) is 13.1 Å². The molecular formula is C14H29N3O. The smallest absolute Gasteiger partial charge is 0.237 e. The van der Waals surface area contributed by atoms with Gasteiger partial charge in [-0.2, -0.15) is 0 Å². The van der Waals surface area contributed by atoms with Crippen LogP contribution >= 0.6 is 0 Å². The van der Waals surface area contributed by atoms with E-state index in [1.165, 1.54) is 25.7 Å². The van der Waals surface area contributed by atoms with E-state index in [1.807, 2.05) is 20.8 Å². The maximum absolute atomic E-state index is 12.1. The fourth-order valence-corrected chi connectivity index (χ4v) is 2.76. The van der Waals surface area contributed by atoms with E-state index in [4.69, 9.17) is 5.73 Å². The van der Waals surface area contributed by atoms with Crippen molar-refractivity contribution in [3.63, 3.8) is 0 Å². The van der Waals surface area contributed by atoms with E-state index in [1.54, 1.807) is 0 Å². The van der Waals surface area contributed by atoms with E-state index in [2.05, 4.69) is 10.2 Å². The number of carbonyl (C=O) groups is 1. The Balaban J connectivity index is 2.59. The highest BCUT2D eigenvalue weighted by molar-refractivity contribution is 5.81. The van der Waals surface area contributed by atoms with E-state index in [0.717, 1.165) is 13.0 Å². The van der Waals surface area contributed by atoms with Crippen molar-refractivity contribution >= 4 is 5.91 Å². The topological polar surface area (TPSA) is 58.4 Å². The molecule has 0 heterocycles. The van der Waals surface area contributed by atoms with Crippen molar-refractivity contribution in [1.29, 1.82) is 0 Å². The van der Waals surface area contributed by atoms with Gasteiger partial charge in [-0.15, -0.1) is 0 Å². The lowest BCUT2D eigenvalue weighted by atomic mass is 10.1. The third kappa shape index (κ3) is 4.58. The van der Waals surface area contributed by atoms with Gasteiger partial charge in [0.2, 0.25) is 5.91 Å². The zero-order valence-electron chi connectivity index (χ0n) is 12.1. The van der Waals surface area contributed by atoms with Gasteiger partial charge in [0, 0.05) is 18.6 Å². The maximum Gasteiger partial charge on any atom is 0.237 e. The van der Waals surface area contributed by atoms with Crippen LogP contribution in [0, 0.1) is 0 Å². The SMILES string of the molecule is CC(C)NC(=O)C(C)N(CCCN)C1CCCC1. The first-order chi connectivity index (χ1) is 8.56. The van der Waals surface area contributed by atoms with Gasteiger partial charge in [-0.05, 0) is 46.6 Å². The molecule has 0 bridgehead atoms. The Labute approximate surface area is 111 Å². The lowest BCUT2D eigenvalue weighted by Crippen LogP contribution is -2.51. The monoisotopic (exact) mass is 255 g/mol. The number of carbonyl (C=O) groups excluding carboxylic acids is 1. The van der Waals surface area contributed by atoms with Crippen LogP contribution in [0.15, 0.2) is 0 Å². The summed E-state index contributed by atoms with van der Waals surface area (Å²) in [5.74, 6) is 0.147. The van der Waals surface area contributed by atoms with Gasteiger partial charge in [0.05, 0.1) is 6.04 Å². The highest BCUT2D eigenvalue weighted by atomic mass is 16.2. The second-order valence-corrected chi connectivity index (χ2v) is 5.66. The van der Waals surface area contributed by atoms with E-state index in [0.29, 0.717) is 12.6 Å². The third-order valence-electron chi connectivity index (χ3n) is 3.72. The molecular weight excluding hydrogens is 226 g/mol. The highest BCUT2D eigenvalue weighted by Crippen LogP contribution is 2.25. The van der Waals surface area contributed by atoms with Gasteiger partial charge in [0.15, 0.2) is 0 Å². The summed E-state index contributed by atoms with van der Waals surface area (Å²) in [4.78, 5) is 14.5. The summed E-state index contributed by atoms with van der Waals surface area (Å²) >= 11 is 0. The highest BCUT2D eigenvalue weighted by Gasteiger charge is 2.29. The number of hydrogen-bond donors (Lipinski definition) is 2. The van der Waals surface area contributed by atoms with Crippen molar-refractivity contribution in [2.24, 2.45) is 5.73 Å². The molecule has 106 valence electrons. The molecule has 1 atom stereocenters. The number of nitrogens with one attached hydrogen (secondary N) is 1. The van der Waals surface area contributed by atoms with Crippen LogP contribution in [-0.4, -0.2) is 42.0 Å². The van der Waals surface area contributed by atoms with Crippen molar-refractivity contribution in [1.82, 2.24) is 10.2 Å². The van der Waals surface area contributed by atoms with Crippen LogP contribution in [0.2, 0.25) is 0 Å². The van der Waals surface area contributed by atoms with Crippen LogP contribution in [0.3, 0.4) is 0 Å². The van der Waals surface area contributed by atoms with Gasteiger partial charge in [0.1, 0.15) is 0 Å². The minimum Gasteiger partial charge on any atom is -0.353 e. The summed E-state index contributed by atoms with van der Waals surface area (Å²) in [7, 11) is 0. The van der Waals surface area contributed by atoms with Gasteiger partial charge in [0.25, 0.3) is 0 Å². The van der Waals surface area contributed by atoms with E-state index in [-0.39, 0.29) is 18.0 Å². The van der Waals surface area contributed by atoms with Gasteiger partial charge < -0.3 is 11.1 Å². The molecule has 0 aromatic carbocycles. The normalized spacial score (nSPS) is 18.6. The first-order valence-electron chi connectivity index (χ1n) is 7.32. The third-order valence-corrected chi connectivity index (χ3v) is 3.72. The minimum atomic E-state index is -0.0398. The molecule has 0 saturated heterocycles. The molecule has 1 fully saturated rings. The molecule has 1 unspecified atom stereocenters. The molecule has 3 N–H and O–H groups in total. The Hall–Kier alpha value is -0.610. The Morgan fingerprint density at radius 2 is 1.94 bits per heavy atom. The van der Waals surface area contributed by atoms with Crippen molar-refractivity contribution < 1.29 is 4.79 Å². The number of hydrogen-bond acceptors (Lipinski definition) is 3. The van der Waals surface area contributed by atoms with Crippen LogP contribution in [0.25, 0.3) is 0 Å². The van der Waals surface area contributed by atoms with Gasteiger partial charge in [-0.1, -0.05) is 12.8 Å². The number of rotatable bonds is 7. The number of nitrogens with zero attached hydrogens (tertiary/aromatic N) is 1. The second kappa shape index (κ2) is 7.74. The largest absolute Gasteiger partial charge is 0.353 e. The molecule has 1 aliphatic rings. The van der Waals surface area contributed by atoms with Gasteiger partial charge in [-0.25, -0.2) is 0 Å². The predicted molar refractivity (Wildman–Crippen MR) is 75.4 cm³/mol. The summed E-state index contributed by atoms with van der Waals surface area (Å²) in [6.45, 7) is 7.66. The molecule has 0 aliphatic heterocycles. The van der Waals surface area contributed by atoms with Crippen molar-refractivity contribution in [3.8, 4) is 0 Å². The molecule has 0 aromatic heterocycles. The molecule has 0 radical (unpaired) electrons. The molecule has 0 aromatic rings. The van der Waals surface area contributed by atoms with Gasteiger partial charge in [-0.3, -0.25) is 9.69 Å². The van der Waals surface area contributed by atoms with Gasteiger partial charge >= 0.3 is 0 Å². The van der Waals surface area contributed by atoms with E-state index < -0.39 is 0 Å². The molecule has 4 heteroatoms. The summed E-state index contributed by atoms with van der Waals surface area (Å²) in [5, 5.41) is 3.01. The fourth-order valence-electron chi connectivity index (χ4n) is 2.76. The average Bonchev–Trinajstić information content (AvgIpc) is 2.82. The quantitative estimate of drug-likeness (QED) is 0.724. The maximum atomic E-state index is 12.1. The lowest BCUT2D eigenvalue weighted by molar-refractivity contribution is -0.127. The fraction of sp³-hybridized carbons (Fsp3) is 0.929. The zero-order valence-corrected chi connectivity index (χ0v) is 12.1. The van der Waals surface area contributed by atoms with Crippen molar-refractivity contribution in [3.05, 3.63) is 0 Å².